The summed E-state index contributed by atoms with van der Waals surface area (Å²) in [6.07, 6.45) is 0. The third kappa shape index (κ3) is 1.22. The molecule has 0 saturated carbocycles. The molecule has 14 heavy (non-hydrogen) atoms. The highest BCUT2D eigenvalue weighted by Crippen LogP contribution is 2.20. The van der Waals surface area contributed by atoms with Crippen LogP contribution >= 0.6 is 0 Å². The first-order chi connectivity index (χ1) is 6.72. The fourth-order valence-electron chi connectivity index (χ4n) is 1.31. The van der Waals surface area contributed by atoms with Gasteiger partial charge in [0.15, 0.2) is 5.75 Å². The number of hydrogen-bond donors (Lipinski definition) is 1. The molecule has 0 spiro atoms. The minimum absolute atomic E-state index is 0.0447. The number of rotatable bonds is 1. The van der Waals surface area contributed by atoms with E-state index >= 15 is 0 Å². The van der Waals surface area contributed by atoms with Crippen molar-refractivity contribution in [3.8, 4) is 5.75 Å². The summed E-state index contributed by atoms with van der Waals surface area (Å²) in [7, 11) is 0. The summed E-state index contributed by atoms with van der Waals surface area (Å²) in [5, 5.41) is 0.311. The first kappa shape index (κ1) is 8.68. The topological polar surface area (TPSA) is 55.0 Å². The molecule has 1 aromatic heterocycles. The zero-order chi connectivity index (χ0) is 10.1. The van der Waals surface area contributed by atoms with Gasteiger partial charge in [-0.3, -0.25) is 9.74 Å². The molecule has 0 aliphatic rings. The summed E-state index contributed by atoms with van der Waals surface area (Å²) < 4.78 is 12.1. The van der Waals surface area contributed by atoms with E-state index in [1.54, 1.807) is 13.0 Å². The number of benzene rings is 1. The summed E-state index contributed by atoms with van der Waals surface area (Å²) >= 11 is 0. The molecule has 72 valence electrons. The molecule has 0 aliphatic heterocycles. The summed E-state index contributed by atoms with van der Waals surface area (Å²) in [5.74, 6) is 0.378. The Morgan fingerprint density at radius 3 is 3.00 bits per heavy atom. The molecule has 0 fully saturated rings. The number of fused-ring (bicyclic) bond motifs is 1. The standard InChI is InChI=1S/C9H7FN2O2/c1-5-11-8-6(9(13)12-5)3-2-4-7(8)14-10/h2-4H,1H3,(H,11,12,13). The molecule has 0 saturated heterocycles. The van der Waals surface area contributed by atoms with Gasteiger partial charge in [-0.05, 0) is 19.1 Å². The number of H-pyrrole nitrogens is 1. The third-order valence-corrected chi connectivity index (χ3v) is 1.90. The Hall–Kier alpha value is -1.91. The molecule has 5 heteroatoms. The lowest BCUT2D eigenvalue weighted by atomic mass is 10.2. The van der Waals surface area contributed by atoms with Crippen LogP contribution in [0, 0.1) is 6.92 Å². The van der Waals surface area contributed by atoms with E-state index in [-0.39, 0.29) is 16.8 Å². The van der Waals surface area contributed by atoms with Crippen LogP contribution in [0.5, 0.6) is 5.75 Å². The molecule has 1 aromatic carbocycles. The molecule has 1 N–H and O–H groups in total. The number of aromatic amines is 1. The van der Waals surface area contributed by atoms with E-state index in [0.29, 0.717) is 11.2 Å². The molecule has 0 amide bonds. The quantitative estimate of drug-likeness (QED) is 0.748. The van der Waals surface area contributed by atoms with Gasteiger partial charge in [0.25, 0.3) is 5.56 Å². The summed E-state index contributed by atoms with van der Waals surface area (Å²) in [4.78, 5) is 21.5. The first-order valence-corrected chi connectivity index (χ1v) is 4.00. The van der Waals surface area contributed by atoms with E-state index in [1.807, 2.05) is 0 Å². The smallest absolute Gasteiger partial charge is 0.258 e. The first-order valence-electron chi connectivity index (χ1n) is 4.00. The Labute approximate surface area is 78.3 Å². The lowest BCUT2D eigenvalue weighted by Gasteiger charge is -2.00. The number of nitrogens with one attached hydrogen (secondary N) is 1. The second-order valence-corrected chi connectivity index (χ2v) is 2.88. The van der Waals surface area contributed by atoms with Crippen LogP contribution in [0.1, 0.15) is 5.82 Å². The number of halogens is 1. The highest BCUT2D eigenvalue weighted by Gasteiger charge is 2.07. The van der Waals surface area contributed by atoms with Gasteiger partial charge in [0, 0.05) is 4.53 Å². The zero-order valence-corrected chi connectivity index (χ0v) is 7.37. The van der Waals surface area contributed by atoms with Gasteiger partial charge in [-0.1, -0.05) is 6.07 Å². The third-order valence-electron chi connectivity index (χ3n) is 1.90. The molecule has 0 unspecified atom stereocenters. The predicted molar refractivity (Wildman–Crippen MR) is 48.8 cm³/mol. The number of aryl methyl sites for hydroxylation is 1. The minimum atomic E-state index is -0.300. The van der Waals surface area contributed by atoms with E-state index in [9.17, 15) is 9.32 Å². The number of para-hydroxylation sites is 1. The van der Waals surface area contributed by atoms with Gasteiger partial charge in [-0.2, -0.15) is 0 Å². The molecule has 0 radical (unpaired) electrons. The Balaban J connectivity index is 2.94. The van der Waals surface area contributed by atoms with Crippen LogP contribution < -0.4 is 10.5 Å². The van der Waals surface area contributed by atoms with Gasteiger partial charge in [0.2, 0.25) is 0 Å². The van der Waals surface area contributed by atoms with E-state index < -0.39 is 0 Å². The lowest BCUT2D eigenvalue weighted by Crippen LogP contribution is -2.09. The SMILES string of the molecule is Cc1nc2c(OF)cccc2c(=O)[nH]1. The van der Waals surface area contributed by atoms with Gasteiger partial charge in [-0.25, -0.2) is 4.98 Å². The zero-order valence-electron chi connectivity index (χ0n) is 7.37. The van der Waals surface area contributed by atoms with E-state index in [2.05, 4.69) is 14.9 Å². The minimum Gasteiger partial charge on any atom is -0.310 e. The molecule has 2 rings (SSSR count). The molecule has 1 heterocycles. The fraction of sp³-hybridized carbons (Fsp3) is 0.111. The highest BCUT2D eigenvalue weighted by atomic mass is 19.3. The Morgan fingerprint density at radius 1 is 1.50 bits per heavy atom. The van der Waals surface area contributed by atoms with Crippen molar-refractivity contribution in [1.29, 1.82) is 0 Å². The highest BCUT2D eigenvalue weighted by molar-refractivity contribution is 5.83. The van der Waals surface area contributed by atoms with Gasteiger partial charge >= 0.3 is 0 Å². The van der Waals surface area contributed by atoms with Crippen LogP contribution in [0.2, 0.25) is 0 Å². The van der Waals surface area contributed by atoms with Crippen LogP contribution in [0.3, 0.4) is 0 Å². The van der Waals surface area contributed by atoms with Crippen molar-refractivity contribution >= 4 is 10.9 Å². The largest absolute Gasteiger partial charge is 0.310 e. The Kier molecular flexibility index (Phi) is 1.92. The molecule has 0 bridgehead atoms. The second-order valence-electron chi connectivity index (χ2n) is 2.88. The van der Waals surface area contributed by atoms with Crippen LogP contribution in [0.15, 0.2) is 23.0 Å². The predicted octanol–water partition coefficient (Wildman–Crippen LogP) is 1.49. The second kappa shape index (κ2) is 3.10. The van der Waals surface area contributed by atoms with Crippen molar-refractivity contribution in [2.75, 3.05) is 0 Å². The van der Waals surface area contributed by atoms with Gasteiger partial charge in [-0.15, -0.1) is 0 Å². The fourth-order valence-corrected chi connectivity index (χ4v) is 1.31. The summed E-state index contributed by atoms with van der Waals surface area (Å²) in [6, 6.07) is 4.50. The van der Waals surface area contributed by atoms with Crippen molar-refractivity contribution in [2.24, 2.45) is 0 Å². The maximum absolute atomic E-state index is 12.1. The van der Waals surface area contributed by atoms with E-state index in [4.69, 9.17) is 0 Å². The van der Waals surface area contributed by atoms with Crippen molar-refractivity contribution < 1.29 is 9.47 Å². The maximum atomic E-state index is 12.1. The Morgan fingerprint density at radius 2 is 2.29 bits per heavy atom. The summed E-state index contributed by atoms with van der Waals surface area (Å²) in [6.45, 7) is 1.62. The normalized spacial score (nSPS) is 10.4. The lowest BCUT2D eigenvalue weighted by molar-refractivity contribution is -0.00448. The molecule has 4 nitrogen and oxygen atoms in total. The van der Waals surface area contributed by atoms with Gasteiger partial charge in [0.05, 0.1) is 5.39 Å². The Bertz CT molecular complexity index is 536. The molecular formula is C9H7FN2O2. The summed E-state index contributed by atoms with van der Waals surface area (Å²) in [5.41, 5.74) is -0.0670. The van der Waals surface area contributed by atoms with Crippen molar-refractivity contribution in [3.63, 3.8) is 0 Å². The molecule has 2 aromatic rings. The average molecular weight is 194 g/mol. The van der Waals surface area contributed by atoms with Crippen LogP contribution in [0.25, 0.3) is 10.9 Å². The molecular weight excluding hydrogens is 187 g/mol. The monoisotopic (exact) mass is 194 g/mol. The van der Waals surface area contributed by atoms with Crippen molar-refractivity contribution in [1.82, 2.24) is 9.97 Å². The van der Waals surface area contributed by atoms with E-state index in [0.717, 1.165) is 0 Å². The van der Waals surface area contributed by atoms with Crippen LogP contribution in [-0.2, 0) is 0 Å². The van der Waals surface area contributed by atoms with Crippen molar-refractivity contribution in [3.05, 3.63) is 34.4 Å². The molecule has 0 aliphatic carbocycles. The van der Waals surface area contributed by atoms with Crippen molar-refractivity contribution in [2.45, 2.75) is 6.92 Å². The van der Waals surface area contributed by atoms with E-state index in [1.165, 1.54) is 12.1 Å². The van der Waals surface area contributed by atoms with Gasteiger partial charge in [0.1, 0.15) is 11.3 Å². The van der Waals surface area contributed by atoms with Crippen LogP contribution in [0.4, 0.5) is 4.53 Å². The average Bonchev–Trinajstić information content (AvgIpc) is 2.17. The van der Waals surface area contributed by atoms with Crippen LogP contribution in [-0.4, -0.2) is 9.97 Å². The number of hydrogen-bond acceptors (Lipinski definition) is 3. The number of nitrogens with zero attached hydrogens (tertiary/aromatic N) is 1. The van der Waals surface area contributed by atoms with Gasteiger partial charge < -0.3 is 4.98 Å². The number of aromatic nitrogens is 2. The molecule has 0 atom stereocenters. The maximum Gasteiger partial charge on any atom is 0.258 e.